The second-order valence-electron chi connectivity index (χ2n) is 5.40. The van der Waals surface area contributed by atoms with Crippen LogP contribution >= 0.6 is 0 Å². The van der Waals surface area contributed by atoms with E-state index in [1.807, 2.05) is 13.8 Å². The quantitative estimate of drug-likeness (QED) is 0.849. The van der Waals surface area contributed by atoms with Crippen LogP contribution in [0, 0.1) is 5.92 Å². The number of aromatic nitrogens is 1. The molecule has 2 aromatic rings. The molecule has 2 rings (SSSR count). The molecule has 124 valence electrons. The third kappa shape index (κ3) is 4.01. The Labute approximate surface area is 134 Å². The average Bonchev–Trinajstić information content (AvgIpc) is 3.03. The van der Waals surface area contributed by atoms with E-state index in [9.17, 15) is 4.79 Å². The Hall–Kier alpha value is -2.54. The lowest BCUT2D eigenvalue weighted by atomic mass is 10.1. The van der Waals surface area contributed by atoms with Crippen LogP contribution in [0.5, 0.6) is 11.5 Å². The lowest BCUT2D eigenvalue weighted by Crippen LogP contribution is -2.18. The van der Waals surface area contributed by atoms with E-state index in [0.29, 0.717) is 23.1 Å². The highest BCUT2D eigenvalue weighted by atomic mass is 16.5. The highest BCUT2D eigenvalue weighted by molar-refractivity contribution is 6.02. The maximum absolute atomic E-state index is 12.3. The molecule has 0 saturated heterocycles. The van der Waals surface area contributed by atoms with E-state index >= 15 is 0 Å². The molecule has 0 aliphatic rings. The van der Waals surface area contributed by atoms with Gasteiger partial charge in [-0.25, -0.2) is 4.98 Å². The van der Waals surface area contributed by atoms with Gasteiger partial charge >= 0.3 is 0 Å². The number of oxazole rings is 1. The van der Waals surface area contributed by atoms with Crippen molar-refractivity contribution in [3.63, 3.8) is 0 Å². The molecule has 0 aliphatic carbocycles. The van der Waals surface area contributed by atoms with Gasteiger partial charge in [0.15, 0.2) is 5.69 Å². The molecule has 1 aromatic heterocycles. The van der Waals surface area contributed by atoms with Crippen LogP contribution < -0.4 is 20.5 Å². The normalized spacial score (nSPS) is 12.1. The fourth-order valence-electron chi connectivity index (χ4n) is 1.90. The van der Waals surface area contributed by atoms with Gasteiger partial charge in [-0.2, -0.15) is 0 Å². The lowest BCUT2D eigenvalue weighted by Gasteiger charge is -2.10. The molecule has 1 aromatic carbocycles. The maximum atomic E-state index is 12.3. The van der Waals surface area contributed by atoms with Crippen molar-refractivity contribution < 1.29 is 18.7 Å². The number of amides is 1. The summed E-state index contributed by atoms with van der Waals surface area (Å²) in [5, 5.41) is 2.73. The summed E-state index contributed by atoms with van der Waals surface area (Å²) in [4.78, 5) is 16.4. The molecule has 1 unspecified atom stereocenters. The first-order chi connectivity index (χ1) is 10.9. The molecule has 3 N–H and O–H groups in total. The van der Waals surface area contributed by atoms with Gasteiger partial charge in [0, 0.05) is 23.9 Å². The van der Waals surface area contributed by atoms with E-state index < -0.39 is 5.91 Å². The molecule has 1 heterocycles. The number of nitrogens with zero attached hydrogens (tertiary/aromatic N) is 1. The second kappa shape index (κ2) is 7.15. The topological polar surface area (TPSA) is 99.6 Å². The van der Waals surface area contributed by atoms with Gasteiger partial charge in [0.1, 0.15) is 17.8 Å². The average molecular weight is 319 g/mol. The zero-order valence-electron chi connectivity index (χ0n) is 13.6. The molecule has 1 amide bonds. The number of carbonyl (C=O) groups excluding carboxylic acids is 1. The van der Waals surface area contributed by atoms with Crippen molar-refractivity contribution in [3.8, 4) is 11.5 Å². The van der Waals surface area contributed by atoms with Gasteiger partial charge in [-0.1, -0.05) is 13.8 Å². The minimum Gasteiger partial charge on any atom is -0.497 e. The Kier molecular flexibility index (Phi) is 5.23. The number of nitrogens with two attached hydrogens (primary N) is 1. The molecular weight excluding hydrogens is 298 g/mol. The number of ether oxygens (including phenoxy) is 2. The summed E-state index contributed by atoms with van der Waals surface area (Å²) in [5.74, 6) is 1.25. The Morgan fingerprint density at radius 3 is 2.35 bits per heavy atom. The third-order valence-corrected chi connectivity index (χ3v) is 3.37. The Morgan fingerprint density at radius 2 is 1.83 bits per heavy atom. The SMILES string of the molecule is COc1cc(NC(=O)c2coc(C(N)C(C)C)n2)cc(OC)c1. The van der Waals surface area contributed by atoms with Crippen molar-refractivity contribution in [2.45, 2.75) is 19.9 Å². The van der Waals surface area contributed by atoms with Crippen LogP contribution in [-0.4, -0.2) is 25.1 Å². The van der Waals surface area contributed by atoms with Crippen LogP contribution in [0.1, 0.15) is 36.3 Å². The van der Waals surface area contributed by atoms with Gasteiger partial charge in [-0.15, -0.1) is 0 Å². The first kappa shape index (κ1) is 16.8. The van der Waals surface area contributed by atoms with Crippen LogP contribution in [0.2, 0.25) is 0 Å². The molecule has 7 nitrogen and oxygen atoms in total. The summed E-state index contributed by atoms with van der Waals surface area (Å²) in [6.07, 6.45) is 1.30. The van der Waals surface area contributed by atoms with Crippen LogP contribution in [0.15, 0.2) is 28.9 Å². The molecule has 1 atom stereocenters. The molecule has 7 heteroatoms. The minimum atomic E-state index is -0.397. The van der Waals surface area contributed by atoms with Crippen LogP contribution in [0.3, 0.4) is 0 Å². The van der Waals surface area contributed by atoms with E-state index in [1.54, 1.807) is 18.2 Å². The van der Waals surface area contributed by atoms with Crippen molar-refractivity contribution in [2.24, 2.45) is 11.7 Å². The van der Waals surface area contributed by atoms with Crippen LogP contribution in [0.4, 0.5) is 5.69 Å². The van der Waals surface area contributed by atoms with Gasteiger partial charge in [-0.3, -0.25) is 4.79 Å². The third-order valence-electron chi connectivity index (χ3n) is 3.37. The fraction of sp³-hybridized carbons (Fsp3) is 0.375. The summed E-state index contributed by atoms with van der Waals surface area (Å²) >= 11 is 0. The van der Waals surface area contributed by atoms with Crippen molar-refractivity contribution in [3.05, 3.63) is 36.0 Å². The second-order valence-corrected chi connectivity index (χ2v) is 5.40. The Balaban J connectivity index is 2.16. The van der Waals surface area contributed by atoms with Gasteiger partial charge < -0.3 is 24.9 Å². The lowest BCUT2D eigenvalue weighted by molar-refractivity contribution is 0.102. The number of hydrogen-bond donors (Lipinski definition) is 2. The first-order valence-corrected chi connectivity index (χ1v) is 7.20. The van der Waals surface area contributed by atoms with Crippen LogP contribution in [0.25, 0.3) is 0 Å². The van der Waals surface area contributed by atoms with Crippen molar-refractivity contribution in [1.82, 2.24) is 4.98 Å². The van der Waals surface area contributed by atoms with E-state index in [4.69, 9.17) is 19.6 Å². The monoisotopic (exact) mass is 319 g/mol. The van der Waals surface area contributed by atoms with E-state index in [1.165, 1.54) is 20.5 Å². The Bertz CT molecular complexity index is 659. The van der Waals surface area contributed by atoms with E-state index in [0.717, 1.165) is 0 Å². The van der Waals surface area contributed by atoms with Gasteiger partial charge in [0.25, 0.3) is 5.91 Å². The highest BCUT2D eigenvalue weighted by Gasteiger charge is 2.19. The van der Waals surface area contributed by atoms with Crippen LogP contribution in [-0.2, 0) is 0 Å². The number of benzene rings is 1. The summed E-state index contributed by atoms with van der Waals surface area (Å²) in [6.45, 7) is 3.91. The predicted octanol–water partition coefficient (Wildman–Crippen LogP) is 2.60. The Morgan fingerprint density at radius 1 is 1.22 bits per heavy atom. The molecule has 0 radical (unpaired) electrons. The summed E-state index contributed by atoms with van der Waals surface area (Å²) in [6, 6.07) is 4.72. The highest BCUT2D eigenvalue weighted by Crippen LogP contribution is 2.26. The fourth-order valence-corrected chi connectivity index (χ4v) is 1.90. The van der Waals surface area contributed by atoms with Crippen molar-refractivity contribution in [2.75, 3.05) is 19.5 Å². The zero-order chi connectivity index (χ0) is 17.0. The molecule has 0 saturated carbocycles. The summed E-state index contributed by atoms with van der Waals surface area (Å²) in [7, 11) is 3.08. The number of rotatable bonds is 6. The molecule has 23 heavy (non-hydrogen) atoms. The number of nitrogens with one attached hydrogen (secondary N) is 1. The zero-order valence-corrected chi connectivity index (χ0v) is 13.6. The van der Waals surface area contributed by atoms with Crippen molar-refractivity contribution >= 4 is 11.6 Å². The van der Waals surface area contributed by atoms with Gasteiger partial charge in [0.05, 0.1) is 20.3 Å². The number of hydrogen-bond acceptors (Lipinski definition) is 6. The number of methoxy groups -OCH3 is 2. The van der Waals surface area contributed by atoms with E-state index in [-0.39, 0.29) is 17.7 Å². The predicted molar refractivity (Wildman–Crippen MR) is 85.8 cm³/mol. The number of anilines is 1. The molecule has 0 fully saturated rings. The number of carbonyl (C=O) groups is 1. The molecule has 0 bridgehead atoms. The molecule has 0 spiro atoms. The van der Waals surface area contributed by atoms with Gasteiger partial charge in [-0.05, 0) is 5.92 Å². The maximum Gasteiger partial charge on any atom is 0.277 e. The van der Waals surface area contributed by atoms with Crippen molar-refractivity contribution in [1.29, 1.82) is 0 Å². The summed E-state index contributed by atoms with van der Waals surface area (Å²) < 4.78 is 15.6. The standard InChI is InChI=1S/C16H21N3O4/c1-9(2)14(17)16-19-13(8-23-16)15(20)18-10-5-11(21-3)7-12(6-10)22-4/h5-9,14H,17H2,1-4H3,(H,18,20). The molecular formula is C16H21N3O4. The molecule has 0 aliphatic heterocycles. The van der Waals surface area contributed by atoms with Gasteiger partial charge in [0.2, 0.25) is 5.89 Å². The minimum absolute atomic E-state index is 0.159. The smallest absolute Gasteiger partial charge is 0.277 e. The van der Waals surface area contributed by atoms with E-state index in [2.05, 4.69) is 10.3 Å². The largest absolute Gasteiger partial charge is 0.497 e. The summed E-state index contributed by atoms with van der Waals surface area (Å²) in [5.41, 5.74) is 6.65. The first-order valence-electron chi connectivity index (χ1n) is 7.20.